The summed E-state index contributed by atoms with van der Waals surface area (Å²) < 4.78 is 0. The maximum Gasteiger partial charge on any atom is 0.249 e. The highest BCUT2D eigenvalue weighted by Gasteiger charge is 2.34. The van der Waals surface area contributed by atoms with Crippen LogP contribution in [0.2, 0.25) is 0 Å². The van der Waals surface area contributed by atoms with Crippen molar-refractivity contribution in [2.45, 2.75) is 26.3 Å². The van der Waals surface area contributed by atoms with Crippen molar-refractivity contribution in [1.29, 1.82) is 0 Å². The molecule has 1 aliphatic heterocycles. The molecule has 6 nitrogen and oxygen atoms in total. The molecule has 0 bridgehead atoms. The third-order valence-electron chi connectivity index (χ3n) is 5.23. The third-order valence-corrected chi connectivity index (χ3v) is 5.23. The smallest absolute Gasteiger partial charge is 0.249 e. The molecule has 1 unspecified atom stereocenters. The molecule has 0 radical (unpaired) electrons. The van der Waals surface area contributed by atoms with Gasteiger partial charge in [-0.25, -0.2) is 4.99 Å². The number of aliphatic imine (C=N–C) groups is 1. The lowest BCUT2D eigenvalue weighted by Gasteiger charge is -2.31. The molecule has 3 aromatic carbocycles. The molecule has 156 valence electrons. The van der Waals surface area contributed by atoms with Crippen LogP contribution in [0.5, 0.6) is 0 Å². The van der Waals surface area contributed by atoms with E-state index in [-0.39, 0.29) is 18.2 Å². The molecule has 3 aromatic rings. The number of rotatable bonds is 4. The third kappa shape index (κ3) is 4.64. The van der Waals surface area contributed by atoms with Crippen molar-refractivity contribution in [1.82, 2.24) is 0 Å². The van der Waals surface area contributed by atoms with Gasteiger partial charge in [0, 0.05) is 11.4 Å². The second kappa shape index (κ2) is 8.83. The van der Waals surface area contributed by atoms with Gasteiger partial charge in [-0.15, -0.1) is 0 Å². The number of carbonyl (C=O) groups is 2. The van der Waals surface area contributed by atoms with Gasteiger partial charge < -0.3 is 10.6 Å². The summed E-state index contributed by atoms with van der Waals surface area (Å²) in [7, 11) is 0. The minimum absolute atomic E-state index is 0.00839. The Morgan fingerprint density at radius 2 is 1.58 bits per heavy atom. The molecular formula is C25H24N4O2. The van der Waals surface area contributed by atoms with Crippen molar-refractivity contribution >= 4 is 34.8 Å². The Labute approximate surface area is 181 Å². The van der Waals surface area contributed by atoms with Gasteiger partial charge in [0.15, 0.2) is 0 Å². The van der Waals surface area contributed by atoms with Crippen LogP contribution in [-0.2, 0) is 9.59 Å². The fourth-order valence-corrected chi connectivity index (χ4v) is 3.40. The van der Waals surface area contributed by atoms with E-state index in [9.17, 15) is 9.59 Å². The predicted octanol–water partition coefficient (Wildman–Crippen LogP) is 4.52. The van der Waals surface area contributed by atoms with Gasteiger partial charge in [0.05, 0.1) is 12.1 Å². The van der Waals surface area contributed by atoms with Crippen LogP contribution in [0.1, 0.15) is 17.5 Å². The van der Waals surface area contributed by atoms with Gasteiger partial charge in [-0.05, 0) is 61.4 Å². The number of hydrogen-bond donors (Lipinski definition) is 2. The van der Waals surface area contributed by atoms with Crippen LogP contribution in [0.3, 0.4) is 0 Å². The Kier molecular flexibility index (Phi) is 5.80. The van der Waals surface area contributed by atoms with Crippen molar-refractivity contribution < 1.29 is 9.59 Å². The molecule has 0 aliphatic carbocycles. The summed E-state index contributed by atoms with van der Waals surface area (Å²) in [5.74, 6) is -0.176. The van der Waals surface area contributed by atoms with Gasteiger partial charge in [0.1, 0.15) is 6.04 Å². The molecule has 2 amide bonds. The van der Waals surface area contributed by atoms with E-state index < -0.39 is 6.04 Å². The number of nitrogens with zero attached hydrogens (tertiary/aromatic N) is 2. The van der Waals surface area contributed by atoms with Gasteiger partial charge in [0.2, 0.25) is 17.8 Å². The summed E-state index contributed by atoms with van der Waals surface area (Å²) in [4.78, 5) is 32.2. The molecule has 6 heteroatoms. The standard InChI is InChI=1S/C25H24N4O2/c1-17-13-14-20(15-18(17)2)26-24(31)22-16-23(30)29(21-11-7-4-8-12-21)25(28-22)27-19-9-5-3-6-10-19/h3-15,22H,16H2,1-2H3,(H,26,31)(H,27,28). The number of nitrogens with one attached hydrogen (secondary N) is 2. The average Bonchev–Trinajstić information content (AvgIpc) is 2.77. The highest BCUT2D eigenvalue weighted by molar-refractivity contribution is 6.23. The lowest BCUT2D eigenvalue weighted by Crippen LogP contribution is -2.49. The Bertz CT molecular complexity index is 1130. The number of guanidine groups is 1. The van der Waals surface area contributed by atoms with Gasteiger partial charge in [0.25, 0.3) is 0 Å². The summed E-state index contributed by atoms with van der Waals surface area (Å²) in [5, 5.41) is 6.09. The summed E-state index contributed by atoms with van der Waals surface area (Å²) >= 11 is 0. The lowest BCUT2D eigenvalue weighted by atomic mass is 10.1. The van der Waals surface area contributed by atoms with Crippen LogP contribution in [-0.4, -0.2) is 23.8 Å². The average molecular weight is 412 g/mol. The van der Waals surface area contributed by atoms with E-state index in [4.69, 9.17) is 0 Å². The summed E-state index contributed by atoms with van der Waals surface area (Å²) in [6.45, 7) is 4.01. The molecule has 0 aromatic heterocycles. The minimum atomic E-state index is -0.819. The van der Waals surface area contributed by atoms with E-state index in [0.717, 1.165) is 16.8 Å². The summed E-state index contributed by atoms with van der Waals surface area (Å²) in [6.07, 6.45) is -0.00839. The Hall–Kier alpha value is -3.93. The molecule has 4 rings (SSSR count). The molecule has 1 heterocycles. The second-order valence-electron chi connectivity index (χ2n) is 7.52. The molecule has 0 saturated carbocycles. The van der Waals surface area contributed by atoms with Gasteiger partial charge in [-0.2, -0.15) is 0 Å². The number of anilines is 3. The summed E-state index contributed by atoms with van der Waals surface area (Å²) in [5.41, 5.74) is 4.41. The SMILES string of the molecule is Cc1ccc(NC(=O)C2CC(=O)N(c3ccccc3)C(Nc3ccccc3)=N2)cc1C. The molecule has 1 aliphatic rings. The highest BCUT2D eigenvalue weighted by atomic mass is 16.2. The van der Waals surface area contributed by atoms with Crippen LogP contribution >= 0.6 is 0 Å². The molecule has 2 N–H and O–H groups in total. The zero-order valence-corrected chi connectivity index (χ0v) is 17.5. The highest BCUT2D eigenvalue weighted by Crippen LogP contribution is 2.23. The van der Waals surface area contributed by atoms with Crippen LogP contribution in [0.4, 0.5) is 17.1 Å². The van der Waals surface area contributed by atoms with E-state index >= 15 is 0 Å². The fraction of sp³-hybridized carbons (Fsp3) is 0.160. The number of benzene rings is 3. The molecule has 0 fully saturated rings. The normalized spacial score (nSPS) is 15.9. The van der Waals surface area contributed by atoms with Crippen molar-refractivity contribution in [3.63, 3.8) is 0 Å². The lowest BCUT2D eigenvalue weighted by molar-refractivity contribution is -0.123. The maximum atomic E-state index is 13.1. The first kappa shape index (κ1) is 20.3. The zero-order chi connectivity index (χ0) is 21.8. The van der Waals surface area contributed by atoms with E-state index in [1.54, 1.807) is 0 Å². The fourth-order valence-electron chi connectivity index (χ4n) is 3.40. The second-order valence-corrected chi connectivity index (χ2v) is 7.52. The van der Waals surface area contributed by atoms with E-state index in [1.807, 2.05) is 92.7 Å². The molecule has 0 spiro atoms. The van der Waals surface area contributed by atoms with Gasteiger partial charge in [-0.3, -0.25) is 14.5 Å². The first-order valence-electron chi connectivity index (χ1n) is 10.2. The molecule has 0 saturated heterocycles. The zero-order valence-electron chi connectivity index (χ0n) is 17.5. The van der Waals surface area contributed by atoms with E-state index in [2.05, 4.69) is 15.6 Å². The first-order valence-corrected chi connectivity index (χ1v) is 10.2. The van der Waals surface area contributed by atoms with E-state index in [1.165, 1.54) is 4.90 Å². The van der Waals surface area contributed by atoms with Crippen molar-refractivity contribution in [3.05, 3.63) is 90.0 Å². The first-order chi connectivity index (χ1) is 15.0. The largest absolute Gasteiger partial charge is 0.326 e. The van der Waals surface area contributed by atoms with Gasteiger partial charge in [-0.1, -0.05) is 42.5 Å². The predicted molar refractivity (Wildman–Crippen MR) is 124 cm³/mol. The minimum Gasteiger partial charge on any atom is -0.326 e. The van der Waals surface area contributed by atoms with Crippen LogP contribution in [0.15, 0.2) is 83.9 Å². The molecule has 31 heavy (non-hydrogen) atoms. The Morgan fingerprint density at radius 3 is 2.26 bits per heavy atom. The van der Waals surface area contributed by atoms with Crippen molar-refractivity contribution in [2.24, 2.45) is 4.99 Å². The van der Waals surface area contributed by atoms with E-state index in [0.29, 0.717) is 17.3 Å². The van der Waals surface area contributed by atoms with Gasteiger partial charge >= 0.3 is 0 Å². The quantitative estimate of drug-likeness (QED) is 0.662. The number of hydrogen-bond acceptors (Lipinski definition) is 4. The molecule has 1 atom stereocenters. The molecular weight excluding hydrogens is 388 g/mol. The van der Waals surface area contributed by atoms with Crippen molar-refractivity contribution in [3.8, 4) is 0 Å². The number of para-hydroxylation sites is 2. The maximum absolute atomic E-state index is 13.1. The Morgan fingerprint density at radius 1 is 0.903 bits per heavy atom. The number of carbonyl (C=O) groups excluding carboxylic acids is 2. The van der Waals surface area contributed by atoms with Crippen LogP contribution < -0.4 is 15.5 Å². The van der Waals surface area contributed by atoms with Crippen LogP contribution in [0.25, 0.3) is 0 Å². The number of aryl methyl sites for hydroxylation is 2. The number of amides is 2. The summed E-state index contributed by atoms with van der Waals surface area (Å²) in [6, 6.07) is 23.7. The monoisotopic (exact) mass is 412 g/mol. The van der Waals surface area contributed by atoms with Crippen LogP contribution in [0, 0.1) is 13.8 Å². The topological polar surface area (TPSA) is 73.8 Å². The Balaban J connectivity index is 1.64. The van der Waals surface area contributed by atoms with Crippen molar-refractivity contribution in [2.75, 3.05) is 15.5 Å².